The minimum atomic E-state index is -0.339. The van der Waals surface area contributed by atoms with E-state index >= 15 is 0 Å². The molecule has 0 saturated heterocycles. The number of carbonyl (C=O) groups excluding carboxylic acids is 1. The lowest BCUT2D eigenvalue weighted by molar-refractivity contribution is 0.0946. The van der Waals surface area contributed by atoms with Crippen molar-refractivity contribution in [2.45, 2.75) is 13.2 Å². The Hall–Kier alpha value is -3.84. The van der Waals surface area contributed by atoms with Crippen molar-refractivity contribution in [1.82, 2.24) is 20.7 Å². The summed E-state index contributed by atoms with van der Waals surface area (Å²) in [5.41, 5.74) is 2.97. The van der Waals surface area contributed by atoms with Gasteiger partial charge in [0.1, 0.15) is 12.4 Å². The van der Waals surface area contributed by atoms with E-state index in [0.29, 0.717) is 24.0 Å². The van der Waals surface area contributed by atoms with Gasteiger partial charge in [-0.15, -0.1) is 10.2 Å². The Morgan fingerprint density at radius 2 is 1.65 bits per heavy atom. The predicted molar refractivity (Wildman–Crippen MR) is 120 cm³/mol. The number of anilines is 2. The fraction of sp³-hybridized carbons (Fsp3) is 0.0870. The van der Waals surface area contributed by atoms with Crippen LogP contribution in [0.1, 0.15) is 21.6 Å². The van der Waals surface area contributed by atoms with Crippen LogP contribution in [0.2, 0.25) is 5.02 Å². The molecule has 1 amide bonds. The number of ether oxygens (including phenoxy) is 1. The van der Waals surface area contributed by atoms with Gasteiger partial charge in [0.05, 0.1) is 0 Å². The van der Waals surface area contributed by atoms with Gasteiger partial charge in [-0.3, -0.25) is 4.79 Å². The third kappa shape index (κ3) is 5.61. The first-order valence-corrected chi connectivity index (χ1v) is 10.0. The van der Waals surface area contributed by atoms with Crippen molar-refractivity contribution in [3.8, 4) is 5.75 Å². The van der Waals surface area contributed by atoms with E-state index in [1.165, 1.54) is 0 Å². The fourth-order valence-electron chi connectivity index (χ4n) is 2.86. The highest BCUT2D eigenvalue weighted by molar-refractivity contribution is 6.30. The summed E-state index contributed by atoms with van der Waals surface area (Å²) in [4.78, 5) is 12.5. The van der Waals surface area contributed by atoms with Crippen LogP contribution in [-0.4, -0.2) is 21.3 Å². The number of nitrogens with zero attached hydrogens (tertiary/aromatic N) is 2. The molecule has 4 aromatic rings. The smallest absolute Gasteiger partial charge is 0.275 e. The second kappa shape index (κ2) is 9.77. The van der Waals surface area contributed by atoms with Crippen LogP contribution in [0.4, 0.5) is 11.5 Å². The van der Waals surface area contributed by atoms with Crippen LogP contribution in [0.15, 0.2) is 78.9 Å². The van der Waals surface area contributed by atoms with Crippen molar-refractivity contribution in [3.63, 3.8) is 0 Å². The molecule has 0 aliphatic heterocycles. The van der Waals surface area contributed by atoms with E-state index in [1.807, 2.05) is 66.7 Å². The SMILES string of the molecule is O=C(NCc1ccc(Cl)cc1)c1n[nH]nc1Nc1ccc(OCc2ccccc2)cc1. The number of carbonyl (C=O) groups is 1. The number of H-pyrrole nitrogens is 1. The zero-order valence-corrected chi connectivity index (χ0v) is 17.3. The first-order chi connectivity index (χ1) is 15.2. The maximum absolute atomic E-state index is 12.5. The number of halogens is 1. The zero-order chi connectivity index (χ0) is 21.5. The van der Waals surface area contributed by atoms with Crippen LogP contribution >= 0.6 is 11.6 Å². The number of aromatic amines is 1. The van der Waals surface area contributed by atoms with Gasteiger partial charge < -0.3 is 15.4 Å². The Kier molecular flexibility index (Phi) is 6.44. The highest BCUT2D eigenvalue weighted by atomic mass is 35.5. The summed E-state index contributed by atoms with van der Waals surface area (Å²) in [6.07, 6.45) is 0. The number of benzene rings is 3. The molecule has 31 heavy (non-hydrogen) atoms. The van der Waals surface area contributed by atoms with Gasteiger partial charge in [-0.05, 0) is 47.5 Å². The third-order valence-corrected chi connectivity index (χ3v) is 4.75. The van der Waals surface area contributed by atoms with E-state index < -0.39 is 0 Å². The molecule has 4 rings (SSSR count). The number of amides is 1. The third-order valence-electron chi connectivity index (χ3n) is 4.49. The molecule has 0 aliphatic rings. The molecule has 3 aromatic carbocycles. The summed E-state index contributed by atoms with van der Waals surface area (Å²) in [5, 5.41) is 17.1. The number of rotatable bonds is 8. The minimum Gasteiger partial charge on any atom is -0.489 e. The Balaban J connectivity index is 1.34. The Bertz CT molecular complexity index is 1130. The molecule has 0 saturated carbocycles. The van der Waals surface area contributed by atoms with E-state index in [0.717, 1.165) is 22.6 Å². The summed E-state index contributed by atoms with van der Waals surface area (Å²) < 4.78 is 5.79. The normalized spacial score (nSPS) is 10.5. The van der Waals surface area contributed by atoms with Crippen molar-refractivity contribution < 1.29 is 9.53 Å². The van der Waals surface area contributed by atoms with Crippen molar-refractivity contribution in [2.75, 3.05) is 5.32 Å². The second-order valence-corrected chi connectivity index (χ2v) is 7.19. The van der Waals surface area contributed by atoms with Gasteiger partial charge in [0.2, 0.25) is 0 Å². The van der Waals surface area contributed by atoms with E-state index in [9.17, 15) is 4.79 Å². The molecule has 7 nitrogen and oxygen atoms in total. The van der Waals surface area contributed by atoms with Gasteiger partial charge in [-0.2, -0.15) is 5.21 Å². The average Bonchev–Trinajstić information content (AvgIpc) is 3.27. The lowest BCUT2D eigenvalue weighted by Crippen LogP contribution is -2.24. The molecule has 0 fully saturated rings. The van der Waals surface area contributed by atoms with E-state index in [1.54, 1.807) is 12.1 Å². The molecule has 1 heterocycles. The molecule has 3 N–H and O–H groups in total. The van der Waals surface area contributed by atoms with Gasteiger partial charge in [0, 0.05) is 17.3 Å². The van der Waals surface area contributed by atoms with Crippen molar-refractivity contribution in [2.24, 2.45) is 0 Å². The zero-order valence-electron chi connectivity index (χ0n) is 16.5. The van der Waals surface area contributed by atoms with Crippen molar-refractivity contribution in [1.29, 1.82) is 0 Å². The standard InChI is InChI=1S/C23H20ClN5O2/c24-18-8-6-16(7-9-18)14-25-23(30)21-22(28-29-27-21)26-19-10-12-20(13-11-19)31-15-17-4-2-1-3-5-17/h1-13H,14-15H2,(H,25,30)(H2,26,27,28,29). The van der Waals surface area contributed by atoms with E-state index in [2.05, 4.69) is 26.0 Å². The van der Waals surface area contributed by atoms with Crippen LogP contribution in [-0.2, 0) is 13.2 Å². The van der Waals surface area contributed by atoms with Gasteiger partial charge in [-0.1, -0.05) is 54.1 Å². The Labute approximate surface area is 184 Å². The van der Waals surface area contributed by atoms with Crippen LogP contribution in [0, 0.1) is 0 Å². The largest absolute Gasteiger partial charge is 0.489 e. The van der Waals surface area contributed by atoms with Crippen LogP contribution in [0.5, 0.6) is 5.75 Å². The molecule has 0 unspecified atom stereocenters. The predicted octanol–water partition coefficient (Wildman–Crippen LogP) is 4.71. The molecule has 8 heteroatoms. The number of aromatic nitrogens is 3. The molecule has 0 aliphatic carbocycles. The van der Waals surface area contributed by atoms with Gasteiger partial charge in [-0.25, -0.2) is 0 Å². The number of hydrogen-bond acceptors (Lipinski definition) is 5. The van der Waals surface area contributed by atoms with E-state index in [4.69, 9.17) is 16.3 Å². The molecule has 0 radical (unpaired) electrons. The van der Waals surface area contributed by atoms with Gasteiger partial charge >= 0.3 is 0 Å². The van der Waals surface area contributed by atoms with Crippen molar-refractivity contribution >= 4 is 29.0 Å². The topological polar surface area (TPSA) is 91.9 Å². The lowest BCUT2D eigenvalue weighted by Gasteiger charge is -2.09. The lowest BCUT2D eigenvalue weighted by atomic mass is 10.2. The highest BCUT2D eigenvalue weighted by Crippen LogP contribution is 2.21. The monoisotopic (exact) mass is 433 g/mol. The summed E-state index contributed by atoms with van der Waals surface area (Å²) >= 11 is 5.88. The molecular formula is C23H20ClN5O2. The van der Waals surface area contributed by atoms with Crippen LogP contribution in [0.3, 0.4) is 0 Å². The van der Waals surface area contributed by atoms with Crippen molar-refractivity contribution in [3.05, 3.63) is 101 Å². The van der Waals surface area contributed by atoms with Crippen LogP contribution < -0.4 is 15.4 Å². The summed E-state index contributed by atoms with van der Waals surface area (Å²) in [6.45, 7) is 0.852. The molecule has 1 aromatic heterocycles. The molecular weight excluding hydrogens is 414 g/mol. The summed E-state index contributed by atoms with van der Waals surface area (Å²) in [6, 6.07) is 24.6. The van der Waals surface area contributed by atoms with Gasteiger partial charge in [0.15, 0.2) is 11.5 Å². The number of nitrogens with one attached hydrogen (secondary N) is 3. The Morgan fingerprint density at radius 1 is 0.903 bits per heavy atom. The minimum absolute atomic E-state index is 0.179. The first-order valence-electron chi connectivity index (χ1n) is 9.64. The maximum Gasteiger partial charge on any atom is 0.275 e. The summed E-state index contributed by atoms with van der Waals surface area (Å²) in [5.74, 6) is 0.746. The number of hydrogen-bond donors (Lipinski definition) is 3. The van der Waals surface area contributed by atoms with Gasteiger partial charge in [0.25, 0.3) is 5.91 Å². The average molecular weight is 434 g/mol. The van der Waals surface area contributed by atoms with Crippen LogP contribution in [0.25, 0.3) is 0 Å². The molecule has 156 valence electrons. The Morgan fingerprint density at radius 3 is 2.39 bits per heavy atom. The maximum atomic E-state index is 12.5. The second-order valence-electron chi connectivity index (χ2n) is 6.75. The fourth-order valence-corrected chi connectivity index (χ4v) is 2.98. The molecule has 0 atom stereocenters. The van der Waals surface area contributed by atoms with E-state index in [-0.39, 0.29) is 11.6 Å². The highest BCUT2D eigenvalue weighted by Gasteiger charge is 2.16. The molecule has 0 spiro atoms. The quantitative estimate of drug-likeness (QED) is 0.374. The first kappa shape index (κ1) is 20.4. The summed E-state index contributed by atoms with van der Waals surface area (Å²) in [7, 11) is 0. The molecule has 0 bridgehead atoms.